The van der Waals surface area contributed by atoms with Gasteiger partial charge in [0, 0.05) is 0 Å². The molecule has 0 aliphatic rings. The molecular weight excluding hydrogens is 288 g/mol. The molecule has 0 aliphatic heterocycles. The van der Waals surface area contributed by atoms with Crippen LogP contribution in [-0.4, -0.2) is 40.4 Å². The van der Waals surface area contributed by atoms with Crippen LogP contribution >= 0.6 is 0 Å². The molecule has 0 unspecified atom stereocenters. The molecule has 0 atom stereocenters. The zero-order valence-electron chi connectivity index (χ0n) is 9.88. The van der Waals surface area contributed by atoms with Crippen molar-refractivity contribution < 1.29 is 14.3 Å². The summed E-state index contributed by atoms with van der Waals surface area (Å²) in [5.74, 6) is -0.448. The lowest BCUT2D eigenvalue weighted by atomic mass is 10.3. The van der Waals surface area contributed by atoms with E-state index in [1.807, 2.05) is 0 Å². The van der Waals surface area contributed by atoms with Crippen LogP contribution in [-0.2, 0) is 0 Å². The summed E-state index contributed by atoms with van der Waals surface area (Å²) in [6.07, 6.45) is 1.97. The van der Waals surface area contributed by atoms with Crippen LogP contribution in [0.2, 0.25) is 0 Å². The molecule has 3 rings (SSSR count). The van der Waals surface area contributed by atoms with Crippen LogP contribution < -0.4 is 0 Å². The average molecular weight is 292 g/mol. The standard InChI is InChI=1S/C8H4N8O5/c17-15(18)3-1-9-11-5(3)7-13-14-8(21-7)6-4(16(19)20)2-10-12-6/h1-2H,(H,9,11)(H,10,12). The molecule has 0 bridgehead atoms. The van der Waals surface area contributed by atoms with E-state index in [4.69, 9.17) is 4.42 Å². The largest absolute Gasteiger partial charge is 0.413 e. The third kappa shape index (κ3) is 1.97. The Labute approximate surface area is 113 Å². The number of nitro groups is 2. The highest BCUT2D eigenvalue weighted by Crippen LogP contribution is 2.30. The zero-order valence-corrected chi connectivity index (χ0v) is 9.88. The highest BCUT2D eigenvalue weighted by Gasteiger charge is 2.27. The van der Waals surface area contributed by atoms with Crippen molar-refractivity contribution in [2.24, 2.45) is 0 Å². The Morgan fingerprint density at radius 3 is 1.71 bits per heavy atom. The van der Waals surface area contributed by atoms with Crippen molar-refractivity contribution in [2.75, 3.05) is 0 Å². The van der Waals surface area contributed by atoms with Crippen molar-refractivity contribution >= 4 is 11.4 Å². The Kier molecular flexibility index (Phi) is 2.64. The summed E-state index contributed by atoms with van der Waals surface area (Å²) >= 11 is 0. The molecule has 13 heteroatoms. The van der Waals surface area contributed by atoms with Gasteiger partial charge < -0.3 is 4.42 Å². The summed E-state index contributed by atoms with van der Waals surface area (Å²) in [4.78, 5) is 20.2. The van der Waals surface area contributed by atoms with Gasteiger partial charge in [-0.1, -0.05) is 0 Å². The minimum Gasteiger partial charge on any atom is -0.413 e. The van der Waals surface area contributed by atoms with Gasteiger partial charge in [0.1, 0.15) is 12.4 Å². The first kappa shape index (κ1) is 12.4. The molecule has 0 saturated carbocycles. The smallest absolute Gasteiger partial charge is 0.319 e. The van der Waals surface area contributed by atoms with E-state index in [-0.39, 0.29) is 34.5 Å². The van der Waals surface area contributed by atoms with E-state index in [1.54, 1.807) is 0 Å². The third-order valence-corrected chi connectivity index (χ3v) is 2.48. The molecule has 0 fully saturated rings. The van der Waals surface area contributed by atoms with Gasteiger partial charge in [0.05, 0.1) is 9.85 Å². The SMILES string of the molecule is O=[N+]([O-])c1cn[nH]c1-c1nnc(-c2[nH]ncc2[N+](=O)[O-])o1. The van der Waals surface area contributed by atoms with E-state index in [1.165, 1.54) is 0 Å². The lowest BCUT2D eigenvalue weighted by molar-refractivity contribution is -0.384. The summed E-state index contributed by atoms with van der Waals surface area (Å²) < 4.78 is 5.18. The highest BCUT2D eigenvalue weighted by atomic mass is 16.6. The van der Waals surface area contributed by atoms with Crippen molar-refractivity contribution in [2.45, 2.75) is 0 Å². The van der Waals surface area contributed by atoms with Crippen molar-refractivity contribution in [1.82, 2.24) is 30.6 Å². The molecule has 106 valence electrons. The number of aromatic amines is 2. The van der Waals surface area contributed by atoms with E-state index in [0.717, 1.165) is 12.4 Å². The lowest BCUT2D eigenvalue weighted by Gasteiger charge is -1.90. The predicted molar refractivity (Wildman–Crippen MR) is 62.8 cm³/mol. The van der Waals surface area contributed by atoms with Gasteiger partial charge in [-0.15, -0.1) is 10.2 Å². The molecule has 0 saturated heterocycles. The fourth-order valence-corrected chi connectivity index (χ4v) is 1.58. The summed E-state index contributed by atoms with van der Waals surface area (Å²) in [5, 5.41) is 40.5. The molecule has 2 N–H and O–H groups in total. The van der Waals surface area contributed by atoms with Crippen LogP contribution in [0.4, 0.5) is 11.4 Å². The summed E-state index contributed by atoms with van der Waals surface area (Å²) in [6, 6.07) is 0. The molecular formula is C8H4N8O5. The summed E-state index contributed by atoms with van der Waals surface area (Å²) in [5.41, 5.74) is -0.907. The molecule has 0 spiro atoms. The van der Waals surface area contributed by atoms with E-state index in [2.05, 4.69) is 30.6 Å². The number of hydrogen-bond donors (Lipinski definition) is 2. The van der Waals surface area contributed by atoms with Crippen molar-refractivity contribution in [3.63, 3.8) is 0 Å². The molecule has 0 radical (unpaired) electrons. The molecule has 21 heavy (non-hydrogen) atoms. The fraction of sp³-hybridized carbons (Fsp3) is 0. The Morgan fingerprint density at radius 2 is 1.33 bits per heavy atom. The second-order valence-corrected chi connectivity index (χ2v) is 3.69. The van der Waals surface area contributed by atoms with Gasteiger partial charge in [0.25, 0.3) is 11.8 Å². The number of hydrogen-bond acceptors (Lipinski definition) is 9. The third-order valence-electron chi connectivity index (χ3n) is 2.48. The number of nitrogens with zero attached hydrogens (tertiary/aromatic N) is 6. The quantitative estimate of drug-likeness (QED) is 0.515. The van der Waals surface area contributed by atoms with Gasteiger partial charge in [0.15, 0.2) is 0 Å². The summed E-state index contributed by atoms with van der Waals surface area (Å²) in [6.45, 7) is 0. The maximum atomic E-state index is 10.8. The Hall–Kier alpha value is -3.64. The number of aromatic nitrogens is 6. The number of H-pyrrole nitrogens is 2. The molecule has 13 nitrogen and oxygen atoms in total. The maximum absolute atomic E-state index is 10.8. The van der Waals surface area contributed by atoms with E-state index >= 15 is 0 Å². The van der Waals surface area contributed by atoms with E-state index in [0.29, 0.717) is 0 Å². The Bertz CT molecular complexity index is 764. The van der Waals surface area contributed by atoms with Crippen molar-refractivity contribution in [3.05, 3.63) is 32.6 Å². The number of nitrogens with one attached hydrogen (secondary N) is 2. The zero-order chi connectivity index (χ0) is 15.0. The second kappa shape index (κ2) is 4.48. The molecule has 0 aliphatic carbocycles. The minimum absolute atomic E-state index is 0.0964. The van der Waals surface area contributed by atoms with Crippen LogP contribution in [0.1, 0.15) is 0 Å². The van der Waals surface area contributed by atoms with E-state index < -0.39 is 9.85 Å². The normalized spacial score (nSPS) is 10.7. The molecule has 3 aromatic heterocycles. The minimum atomic E-state index is -0.679. The highest BCUT2D eigenvalue weighted by molar-refractivity contribution is 5.64. The first-order chi connectivity index (χ1) is 10.1. The van der Waals surface area contributed by atoms with Gasteiger partial charge in [0.2, 0.25) is 11.4 Å². The van der Waals surface area contributed by atoms with Gasteiger partial charge >= 0.3 is 11.4 Å². The van der Waals surface area contributed by atoms with Crippen LogP contribution in [0.5, 0.6) is 0 Å². The van der Waals surface area contributed by atoms with Crippen LogP contribution in [0.3, 0.4) is 0 Å². The summed E-state index contributed by atoms with van der Waals surface area (Å²) in [7, 11) is 0. The molecule has 3 heterocycles. The Morgan fingerprint density at radius 1 is 0.905 bits per heavy atom. The van der Waals surface area contributed by atoms with Gasteiger partial charge in [-0.25, -0.2) is 0 Å². The average Bonchev–Trinajstić information content (AvgIpc) is 3.17. The van der Waals surface area contributed by atoms with Gasteiger partial charge in [-0.3, -0.25) is 30.4 Å². The van der Waals surface area contributed by atoms with Crippen LogP contribution in [0, 0.1) is 20.2 Å². The molecule has 3 aromatic rings. The second-order valence-electron chi connectivity index (χ2n) is 3.69. The van der Waals surface area contributed by atoms with Crippen molar-refractivity contribution in [3.8, 4) is 23.2 Å². The lowest BCUT2D eigenvalue weighted by Crippen LogP contribution is -1.89. The van der Waals surface area contributed by atoms with Crippen molar-refractivity contribution in [1.29, 1.82) is 0 Å². The molecule has 0 amide bonds. The predicted octanol–water partition coefficient (Wildman–Crippen LogP) is 0.666. The van der Waals surface area contributed by atoms with Gasteiger partial charge in [-0.05, 0) is 0 Å². The van der Waals surface area contributed by atoms with Crippen LogP contribution in [0.25, 0.3) is 23.2 Å². The first-order valence-corrected chi connectivity index (χ1v) is 5.27. The molecule has 0 aromatic carbocycles. The first-order valence-electron chi connectivity index (χ1n) is 5.27. The fourth-order valence-electron chi connectivity index (χ4n) is 1.58. The topological polar surface area (TPSA) is 183 Å². The maximum Gasteiger partial charge on any atom is 0.319 e. The number of rotatable bonds is 4. The monoisotopic (exact) mass is 292 g/mol. The van der Waals surface area contributed by atoms with E-state index in [9.17, 15) is 20.2 Å². The Balaban J connectivity index is 2.04. The van der Waals surface area contributed by atoms with Gasteiger partial charge in [-0.2, -0.15) is 10.2 Å². The van der Waals surface area contributed by atoms with Crippen LogP contribution in [0.15, 0.2) is 16.8 Å².